The molecule has 2 aromatic rings. The van der Waals surface area contributed by atoms with Crippen molar-refractivity contribution < 1.29 is 9.53 Å². The number of halogens is 1. The Bertz CT molecular complexity index is 566. The first-order valence-electron chi connectivity index (χ1n) is 6.11. The van der Waals surface area contributed by atoms with Crippen molar-refractivity contribution >= 4 is 22.2 Å². The summed E-state index contributed by atoms with van der Waals surface area (Å²) >= 11 is 3.31. The highest BCUT2D eigenvalue weighted by Gasteiger charge is 2.05. The highest BCUT2D eigenvalue weighted by molar-refractivity contribution is 9.10. The zero-order chi connectivity index (χ0) is 13.7. The lowest BCUT2D eigenvalue weighted by atomic mass is 10.2. The number of rotatable bonds is 6. The fourth-order valence-corrected chi connectivity index (χ4v) is 2.11. The molecule has 19 heavy (non-hydrogen) atoms. The highest BCUT2D eigenvalue weighted by atomic mass is 79.9. The van der Waals surface area contributed by atoms with Crippen LogP contribution in [0.15, 0.2) is 35.2 Å². The molecule has 0 bridgehead atoms. The van der Waals surface area contributed by atoms with Gasteiger partial charge in [0, 0.05) is 16.6 Å². The topological polar surface area (TPSA) is 44.1 Å². The molecule has 4 nitrogen and oxygen atoms in total. The molecular formula is C14H15BrN2O2. The Morgan fingerprint density at radius 3 is 3.05 bits per heavy atom. The minimum absolute atomic E-state index is 0.444. The van der Waals surface area contributed by atoms with Crippen LogP contribution in [0.5, 0.6) is 5.75 Å². The molecule has 0 N–H and O–H groups in total. The summed E-state index contributed by atoms with van der Waals surface area (Å²) in [5.74, 6) is 0.676. The Morgan fingerprint density at radius 1 is 1.47 bits per heavy atom. The molecule has 100 valence electrons. The first-order valence-corrected chi connectivity index (χ1v) is 6.90. The third kappa shape index (κ3) is 3.44. The number of benzene rings is 1. The van der Waals surface area contributed by atoms with Gasteiger partial charge in [-0.2, -0.15) is 0 Å². The van der Waals surface area contributed by atoms with Crippen molar-refractivity contribution in [1.82, 2.24) is 9.55 Å². The lowest BCUT2D eigenvalue weighted by Gasteiger charge is -2.09. The largest absolute Gasteiger partial charge is 0.487 e. The molecule has 1 heterocycles. The number of nitrogens with zero attached hydrogens (tertiary/aromatic N) is 2. The molecule has 0 spiro atoms. The molecule has 0 aliphatic carbocycles. The van der Waals surface area contributed by atoms with Crippen LogP contribution in [0.4, 0.5) is 0 Å². The third-order valence-electron chi connectivity index (χ3n) is 2.74. The summed E-state index contributed by atoms with van der Waals surface area (Å²) in [6, 6.07) is 5.36. The fraction of sp³-hybridized carbons (Fsp3) is 0.286. The third-order valence-corrected chi connectivity index (χ3v) is 3.47. The Hall–Kier alpha value is -1.62. The minimum atomic E-state index is 0.444. The zero-order valence-corrected chi connectivity index (χ0v) is 12.3. The highest BCUT2D eigenvalue weighted by Crippen LogP contribution is 2.21. The van der Waals surface area contributed by atoms with E-state index < -0.39 is 0 Å². The van der Waals surface area contributed by atoms with Gasteiger partial charge in [-0.05, 0) is 24.6 Å². The summed E-state index contributed by atoms with van der Waals surface area (Å²) < 4.78 is 8.53. The molecule has 0 aliphatic rings. The predicted molar refractivity (Wildman–Crippen MR) is 76.4 cm³/mol. The maximum atomic E-state index is 10.9. The van der Waals surface area contributed by atoms with Crippen molar-refractivity contribution in [3.63, 3.8) is 0 Å². The fourth-order valence-electron chi connectivity index (χ4n) is 1.77. The summed E-state index contributed by atoms with van der Waals surface area (Å²) in [4.78, 5) is 15.0. The zero-order valence-electron chi connectivity index (χ0n) is 10.7. The Kier molecular flexibility index (Phi) is 4.74. The molecule has 1 aromatic carbocycles. The molecular weight excluding hydrogens is 308 g/mol. The van der Waals surface area contributed by atoms with Gasteiger partial charge in [0.25, 0.3) is 0 Å². The number of carbonyl (C=O) groups is 1. The van der Waals surface area contributed by atoms with Crippen molar-refractivity contribution in [3.05, 3.63) is 46.5 Å². The molecule has 1 aromatic heterocycles. The molecule has 0 aliphatic heterocycles. The summed E-state index contributed by atoms with van der Waals surface area (Å²) in [5, 5.41) is 0. The predicted octanol–water partition coefficient (Wildman–Crippen LogP) is 3.45. The molecule has 0 radical (unpaired) electrons. The summed E-state index contributed by atoms with van der Waals surface area (Å²) in [5.41, 5.74) is 1.61. The van der Waals surface area contributed by atoms with Crippen LogP contribution in [-0.4, -0.2) is 15.8 Å². The van der Waals surface area contributed by atoms with Crippen LogP contribution in [0, 0.1) is 0 Å². The second-order valence-electron chi connectivity index (χ2n) is 4.17. The summed E-state index contributed by atoms with van der Waals surface area (Å²) in [7, 11) is 0. The lowest BCUT2D eigenvalue weighted by molar-refractivity contribution is 0.112. The van der Waals surface area contributed by atoms with E-state index in [2.05, 4.69) is 32.4 Å². The standard InChI is InChI=1S/C14H15BrN2O2/c1-2-5-17-10-16-7-12(17)9-19-13-3-4-14(15)11(6-13)8-18/h3-4,6-8,10H,2,5,9H2,1H3. The van der Waals surface area contributed by atoms with Gasteiger partial charge in [0.2, 0.25) is 0 Å². The van der Waals surface area contributed by atoms with E-state index in [9.17, 15) is 4.79 Å². The molecule has 0 saturated carbocycles. The average Bonchev–Trinajstić information content (AvgIpc) is 2.86. The summed E-state index contributed by atoms with van der Waals surface area (Å²) in [6.45, 7) is 3.49. The van der Waals surface area contributed by atoms with Crippen molar-refractivity contribution in [1.29, 1.82) is 0 Å². The number of aldehydes is 1. The molecule has 0 amide bonds. The average molecular weight is 323 g/mol. The maximum Gasteiger partial charge on any atom is 0.151 e. The van der Waals surface area contributed by atoms with E-state index in [1.807, 2.05) is 12.1 Å². The van der Waals surface area contributed by atoms with Gasteiger partial charge in [0.15, 0.2) is 6.29 Å². The van der Waals surface area contributed by atoms with Crippen LogP contribution in [0.2, 0.25) is 0 Å². The van der Waals surface area contributed by atoms with Crippen LogP contribution in [0.3, 0.4) is 0 Å². The molecule has 5 heteroatoms. The van der Waals surface area contributed by atoms with Crippen LogP contribution in [0.25, 0.3) is 0 Å². The van der Waals surface area contributed by atoms with E-state index in [-0.39, 0.29) is 0 Å². The normalized spacial score (nSPS) is 10.4. The van der Waals surface area contributed by atoms with Gasteiger partial charge in [-0.1, -0.05) is 22.9 Å². The lowest BCUT2D eigenvalue weighted by Crippen LogP contribution is -2.05. The van der Waals surface area contributed by atoms with E-state index in [0.29, 0.717) is 17.9 Å². The van der Waals surface area contributed by atoms with Gasteiger partial charge in [-0.15, -0.1) is 0 Å². The first kappa shape index (κ1) is 13.8. The molecule has 0 unspecified atom stereocenters. The number of aromatic nitrogens is 2. The van der Waals surface area contributed by atoms with Gasteiger partial charge < -0.3 is 9.30 Å². The van der Waals surface area contributed by atoms with Crippen molar-refractivity contribution in [2.24, 2.45) is 0 Å². The van der Waals surface area contributed by atoms with Crippen molar-refractivity contribution in [2.45, 2.75) is 26.5 Å². The van der Waals surface area contributed by atoms with E-state index in [1.165, 1.54) is 0 Å². The molecule has 0 fully saturated rings. The Balaban J connectivity index is 2.05. The number of hydrogen-bond donors (Lipinski definition) is 0. The second-order valence-corrected chi connectivity index (χ2v) is 5.02. The van der Waals surface area contributed by atoms with Crippen molar-refractivity contribution in [2.75, 3.05) is 0 Å². The molecule has 0 saturated heterocycles. The second kappa shape index (κ2) is 6.52. The van der Waals surface area contributed by atoms with E-state index in [1.54, 1.807) is 18.6 Å². The van der Waals surface area contributed by atoms with Crippen LogP contribution in [-0.2, 0) is 13.2 Å². The van der Waals surface area contributed by atoms with Gasteiger partial charge >= 0.3 is 0 Å². The van der Waals surface area contributed by atoms with Gasteiger partial charge in [0.05, 0.1) is 18.2 Å². The maximum absolute atomic E-state index is 10.9. The number of hydrogen-bond acceptors (Lipinski definition) is 3. The monoisotopic (exact) mass is 322 g/mol. The molecule has 2 rings (SSSR count). The minimum Gasteiger partial charge on any atom is -0.487 e. The van der Waals surface area contributed by atoms with E-state index in [4.69, 9.17) is 4.74 Å². The Morgan fingerprint density at radius 2 is 2.32 bits per heavy atom. The summed E-state index contributed by atoms with van der Waals surface area (Å²) in [6.07, 6.45) is 5.46. The first-order chi connectivity index (χ1) is 9.24. The molecule has 0 atom stereocenters. The Labute approximate surface area is 120 Å². The number of carbonyl (C=O) groups excluding carboxylic acids is 1. The van der Waals surface area contributed by atoms with E-state index in [0.717, 1.165) is 29.4 Å². The number of imidazole rings is 1. The van der Waals surface area contributed by atoms with Crippen molar-refractivity contribution in [3.8, 4) is 5.75 Å². The SMILES string of the molecule is CCCn1cncc1COc1ccc(Br)c(C=O)c1. The van der Waals surface area contributed by atoms with E-state index >= 15 is 0 Å². The van der Waals surface area contributed by atoms with Crippen LogP contribution >= 0.6 is 15.9 Å². The van der Waals surface area contributed by atoms with Crippen LogP contribution < -0.4 is 4.74 Å². The van der Waals surface area contributed by atoms with Gasteiger partial charge in [-0.25, -0.2) is 4.98 Å². The van der Waals surface area contributed by atoms with Gasteiger partial charge in [-0.3, -0.25) is 4.79 Å². The number of ether oxygens (including phenoxy) is 1. The van der Waals surface area contributed by atoms with Gasteiger partial charge in [0.1, 0.15) is 12.4 Å². The quantitative estimate of drug-likeness (QED) is 0.765. The smallest absolute Gasteiger partial charge is 0.151 e. The van der Waals surface area contributed by atoms with Crippen LogP contribution in [0.1, 0.15) is 29.4 Å². The number of aryl methyl sites for hydroxylation is 1.